The molecule has 56 heavy (non-hydrogen) atoms. The third-order valence-electron chi connectivity index (χ3n) is 9.70. The van der Waals surface area contributed by atoms with E-state index in [0.717, 1.165) is 32.6 Å². The maximum absolute atomic E-state index is 8.21. The zero-order valence-corrected chi connectivity index (χ0v) is 35.0. The standard InChI is InChI=1S/C50H48O4Si2/c1-47(2)37-39-49(41-25-13-7-14-26-41,42-27-15-8-16-28-42)53-56(45-33-21-11-22-34-45,46-35-23-12-24-36-46)54-50(43-29-17-9-18-30-43,44-31-19-10-20-32-44)40-38-48(3,4)52-55(5,6)51-47/h7-36H,1-6H3. The summed E-state index contributed by atoms with van der Waals surface area (Å²) in [5, 5.41) is 1.79. The van der Waals surface area contributed by atoms with Gasteiger partial charge in [0.05, 0.1) is 0 Å². The van der Waals surface area contributed by atoms with Crippen molar-refractivity contribution in [2.45, 2.75) is 63.2 Å². The molecule has 6 aromatic rings. The van der Waals surface area contributed by atoms with Crippen LogP contribution in [-0.4, -0.2) is 28.3 Å². The first kappa shape index (κ1) is 39.0. The van der Waals surface area contributed by atoms with E-state index < -0.39 is 39.5 Å². The molecule has 0 spiro atoms. The van der Waals surface area contributed by atoms with Gasteiger partial charge in [-0.15, -0.1) is 0 Å². The summed E-state index contributed by atoms with van der Waals surface area (Å²) in [4.78, 5) is 0. The van der Waals surface area contributed by atoms with E-state index in [9.17, 15) is 0 Å². The van der Waals surface area contributed by atoms with Crippen LogP contribution in [0.3, 0.4) is 0 Å². The molecule has 1 aliphatic rings. The average Bonchev–Trinajstić information content (AvgIpc) is 3.21. The van der Waals surface area contributed by atoms with Gasteiger partial charge in [-0.2, -0.15) is 0 Å². The van der Waals surface area contributed by atoms with Crippen molar-refractivity contribution in [3.63, 3.8) is 0 Å². The molecule has 0 saturated carbocycles. The Morgan fingerprint density at radius 2 is 0.589 bits per heavy atom. The summed E-state index contributed by atoms with van der Waals surface area (Å²) in [7, 11) is -6.93. The predicted molar refractivity (Wildman–Crippen MR) is 231 cm³/mol. The van der Waals surface area contributed by atoms with Crippen molar-refractivity contribution in [2.24, 2.45) is 0 Å². The van der Waals surface area contributed by atoms with Crippen LogP contribution in [0.4, 0.5) is 0 Å². The highest BCUT2D eigenvalue weighted by Crippen LogP contribution is 2.42. The van der Waals surface area contributed by atoms with E-state index in [1.54, 1.807) is 0 Å². The van der Waals surface area contributed by atoms with Gasteiger partial charge < -0.3 is 17.7 Å². The second kappa shape index (κ2) is 15.7. The number of rotatable bonds is 6. The maximum Gasteiger partial charge on any atom is 0.410 e. The Balaban J connectivity index is 1.69. The van der Waals surface area contributed by atoms with E-state index >= 15 is 0 Å². The minimum Gasteiger partial charge on any atom is -0.378 e. The second-order valence-electron chi connectivity index (χ2n) is 15.5. The molecule has 0 atom stereocenters. The van der Waals surface area contributed by atoms with Crippen LogP contribution in [0.1, 0.15) is 49.9 Å². The normalized spacial score (nSPS) is 19.1. The largest absolute Gasteiger partial charge is 0.410 e. The SMILES string of the molecule is CC1(C)C#CC(c2ccccc2)(c2ccccc2)O[Si](c2ccccc2)(c2ccccc2)OC(c2ccccc2)(c2ccccc2)C#CC(C)(C)O[Si](C)(C)O1. The molecule has 0 aliphatic carbocycles. The molecular weight excluding hydrogens is 721 g/mol. The van der Waals surface area contributed by atoms with Crippen LogP contribution in [0.25, 0.3) is 0 Å². The fraction of sp³-hybridized carbons (Fsp3) is 0.200. The fourth-order valence-electron chi connectivity index (χ4n) is 7.55. The number of hydrogen-bond acceptors (Lipinski definition) is 4. The van der Waals surface area contributed by atoms with Crippen LogP contribution in [0.2, 0.25) is 13.1 Å². The van der Waals surface area contributed by atoms with E-state index in [-0.39, 0.29) is 0 Å². The minimum atomic E-state index is -4.04. The molecule has 0 N–H and O–H groups in total. The molecule has 0 amide bonds. The van der Waals surface area contributed by atoms with Gasteiger partial charge in [-0.25, -0.2) is 0 Å². The quantitative estimate of drug-likeness (QED) is 0.125. The van der Waals surface area contributed by atoms with Crippen molar-refractivity contribution in [3.05, 3.63) is 204 Å². The van der Waals surface area contributed by atoms with Crippen LogP contribution >= 0.6 is 0 Å². The van der Waals surface area contributed by atoms with Crippen molar-refractivity contribution in [3.8, 4) is 23.7 Å². The van der Waals surface area contributed by atoms with Gasteiger partial charge in [0, 0.05) is 0 Å². The molecular formula is C50H48O4Si2. The predicted octanol–water partition coefficient (Wildman–Crippen LogP) is 9.48. The van der Waals surface area contributed by atoms with Crippen molar-refractivity contribution in [2.75, 3.05) is 0 Å². The Hall–Kier alpha value is -5.29. The maximum atomic E-state index is 8.21. The molecule has 280 valence electrons. The van der Waals surface area contributed by atoms with Crippen molar-refractivity contribution >= 4 is 27.5 Å². The third kappa shape index (κ3) is 8.14. The van der Waals surface area contributed by atoms with E-state index in [1.807, 2.05) is 150 Å². The van der Waals surface area contributed by atoms with Crippen LogP contribution in [0, 0.1) is 23.7 Å². The molecule has 1 heterocycles. The van der Waals surface area contributed by atoms with Gasteiger partial charge in [0.25, 0.3) is 0 Å². The Labute approximate surface area is 335 Å². The molecule has 7 rings (SSSR count). The summed E-state index contributed by atoms with van der Waals surface area (Å²) < 4.78 is 30.2. The van der Waals surface area contributed by atoms with Gasteiger partial charge in [-0.3, -0.25) is 0 Å². The summed E-state index contributed by atoms with van der Waals surface area (Å²) in [6, 6.07) is 61.6. The molecule has 4 nitrogen and oxygen atoms in total. The molecule has 0 fully saturated rings. The van der Waals surface area contributed by atoms with Gasteiger partial charge in [-0.1, -0.05) is 206 Å². The third-order valence-corrected chi connectivity index (χ3v) is 15.1. The lowest BCUT2D eigenvalue weighted by Gasteiger charge is -2.46. The lowest BCUT2D eigenvalue weighted by molar-refractivity contribution is 0.0482. The van der Waals surface area contributed by atoms with Crippen LogP contribution in [0.5, 0.6) is 0 Å². The zero-order valence-electron chi connectivity index (χ0n) is 33.0. The average molecular weight is 769 g/mol. The van der Waals surface area contributed by atoms with Gasteiger partial charge in [-0.05, 0) is 73.4 Å². The summed E-state index contributed by atoms with van der Waals surface area (Å²) >= 11 is 0. The number of hydrogen-bond donors (Lipinski definition) is 0. The first-order valence-electron chi connectivity index (χ1n) is 19.1. The summed E-state index contributed by atoms with van der Waals surface area (Å²) in [6.07, 6.45) is 0. The Bertz CT molecular complexity index is 2100. The minimum absolute atomic E-state index is 0.860. The smallest absolute Gasteiger partial charge is 0.378 e. The summed E-state index contributed by atoms with van der Waals surface area (Å²) in [5.41, 5.74) is -1.13. The molecule has 6 heteroatoms. The number of benzene rings is 6. The Morgan fingerprint density at radius 1 is 0.339 bits per heavy atom. The topological polar surface area (TPSA) is 36.9 Å². The summed E-state index contributed by atoms with van der Waals surface area (Å²) in [5.74, 6) is 14.7. The van der Waals surface area contributed by atoms with Crippen LogP contribution in [-0.2, 0) is 28.9 Å². The molecule has 1 aliphatic heterocycles. The van der Waals surface area contributed by atoms with E-state index in [1.165, 1.54) is 0 Å². The summed E-state index contributed by atoms with van der Waals surface area (Å²) in [6.45, 7) is 12.1. The molecule has 0 aromatic heterocycles. The van der Waals surface area contributed by atoms with Crippen molar-refractivity contribution in [1.29, 1.82) is 0 Å². The molecule has 6 aromatic carbocycles. The zero-order chi connectivity index (χ0) is 39.3. The second-order valence-corrected chi connectivity index (χ2v) is 21.5. The first-order chi connectivity index (χ1) is 26.9. The highest BCUT2D eigenvalue weighted by atomic mass is 28.4. The fourth-order valence-corrected chi connectivity index (χ4v) is 13.7. The van der Waals surface area contributed by atoms with Gasteiger partial charge in [0.1, 0.15) is 11.2 Å². The van der Waals surface area contributed by atoms with Gasteiger partial charge >= 0.3 is 17.1 Å². The van der Waals surface area contributed by atoms with E-state index in [4.69, 9.17) is 17.7 Å². The monoisotopic (exact) mass is 768 g/mol. The van der Waals surface area contributed by atoms with E-state index in [2.05, 4.69) is 96.5 Å². The Kier molecular flexibility index (Phi) is 10.9. The highest BCUT2D eigenvalue weighted by molar-refractivity contribution is 6.92. The van der Waals surface area contributed by atoms with Crippen LogP contribution in [0.15, 0.2) is 182 Å². The Morgan fingerprint density at radius 3 is 0.857 bits per heavy atom. The first-order valence-corrected chi connectivity index (χ1v) is 23.7. The molecule has 0 bridgehead atoms. The lowest BCUT2D eigenvalue weighted by Crippen LogP contribution is -2.69. The molecule has 0 radical (unpaired) electrons. The van der Waals surface area contributed by atoms with Crippen molar-refractivity contribution in [1.82, 2.24) is 0 Å². The highest BCUT2D eigenvalue weighted by Gasteiger charge is 2.56. The molecule has 0 saturated heterocycles. The van der Waals surface area contributed by atoms with Gasteiger partial charge in [0.15, 0.2) is 11.2 Å². The molecule has 0 unspecified atom stereocenters. The van der Waals surface area contributed by atoms with Gasteiger partial charge in [0.2, 0.25) is 0 Å². The lowest BCUT2D eigenvalue weighted by atomic mass is 9.86. The van der Waals surface area contributed by atoms with E-state index in [0.29, 0.717) is 0 Å². The van der Waals surface area contributed by atoms with Crippen molar-refractivity contribution < 1.29 is 17.7 Å². The van der Waals surface area contributed by atoms with Crippen LogP contribution < -0.4 is 10.4 Å².